The van der Waals surface area contributed by atoms with Crippen LogP contribution in [-0.2, 0) is 0 Å². The quantitative estimate of drug-likeness (QED) is 0.806. The lowest BCUT2D eigenvalue weighted by molar-refractivity contribution is 0.171. The van der Waals surface area contributed by atoms with Crippen molar-refractivity contribution in [2.24, 2.45) is 0 Å². The zero-order chi connectivity index (χ0) is 14.1. The smallest absolute Gasteiger partial charge is 0.229 e. The van der Waals surface area contributed by atoms with Gasteiger partial charge in [-0.2, -0.15) is 0 Å². The van der Waals surface area contributed by atoms with Crippen LogP contribution in [0.5, 0.6) is 11.5 Å². The van der Waals surface area contributed by atoms with Crippen LogP contribution in [0.4, 0.5) is 0 Å². The van der Waals surface area contributed by atoms with Gasteiger partial charge in [0.05, 0.1) is 10.3 Å². The standard InChI is InChI=1S/C13H13ClN2O3S/c1-7(13-16-15-8(2)19-13)20-12-6-11-10(5-9(12)14)17-3-4-18-11/h5-7H,3-4H2,1-2H3/t7-/m0/s1. The number of hydrogen-bond donors (Lipinski definition) is 0. The first-order valence-electron chi connectivity index (χ1n) is 6.19. The highest BCUT2D eigenvalue weighted by Gasteiger charge is 2.19. The van der Waals surface area contributed by atoms with E-state index in [0.29, 0.717) is 35.8 Å². The van der Waals surface area contributed by atoms with Gasteiger partial charge in [-0.25, -0.2) is 0 Å². The fourth-order valence-electron chi connectivity index (χ4n) is 1.85. The molecule has 0 N–H and O–H groups in total. The van der Waals surface area contributed by atoms with Gasteiger partial charge in [0.2, 0.25) is 11.8 Å². The van der Waals surface area contributed by atoms with Crippen LogP contribution in [0, 0.1) is 6.92 Å². The first kappa shape index (κ1) is 13.6. The van der Waals surface area contributed by atoms with Crippen molar-refractivity contribution in [2.75, 3.05) is 13.2 Å². The molecule has 0 bridgehead atoms. The predicted molar refractivity (Wildman–Crippen MR) is 75.7 cm³/mol. The van der Waals surface area contributed by atoms with E-state index >= 15 is 0 Å². The molecule has 0 spiro atoms. The summed E-state index contributed by atoms with van der Waals surface area (Å²) >= 11 is 7.82. The Balaban J connectivity index is 1.83. The molecule has 7 heteroatoms. The highest BCUT2D eigenvalue weighted by molar-refractivity contribution is 7.99. The van der Waals surface area contributed by atoms with Gasteiger partial charge in [0.1, 0.15) is 13.2 Å². The molecule has 3 rings (SSSR count). The highest BCUT2D eigenvalue weighted by atomic mass is 35.5. The van der Waals surface area contributed by atoms with Gasteiger partial charge in [-0.15, -0.1) is 22.0 Å². The monoisotopic (exact) mass is 312 g/mol. The van der Waals surface area contributed by atoms with Gasteiger partial charge in [0.25, 0.3) is 0 Å². The number of halogens is 1. The van der Waals surface area contributed by atoms with Crippen molar-refractivity contribution >= 4 is 23.4 Å². The molecule has 1 aliphatic rings. The molecule has 0 aliphatic carbocycles. The van der Waals surface area contributed by atoms with E-state index in [2.05, 4.69) is 10.2 Å². The second-order valence-corrected chi connectivity index (χ2v) is 6.14. The van der Waals surface area contributed by atoms with Crippen molar-refractivity contribution in [3.8, 4) is 11.5 Å². The molecule has 1 atom stereocenters. The van der Waals surface area contributed by atoms with E-state index in [-0.39, 0.29) is 5.25 Å². The topological polar surface area (TPSA) is 57.4 Å². The number of fused-ring (bicyclic) bond motifs is 1. The molecule has 0 saturated heterocycles. The van der Waals surface area contributed by atoms with E-state index < -0.39 is 0 Å². The second kappa shape index (κ2) is 5.54. The molecule has 0 fully saturated rings. The lowest BCUT2D eigenvalue weighted by Gasteiger charge is -2.20. The van der Waals surface area contributed by atoms with Crippen molar-refractivity contribution in [1.29, 1.82) is 0 Å². The third kappa shape index (κ3) is 2.71. The van der Waals surface area contributed by atoms with Gasteiger partial charge >= 0.3 is 0 Å². The summed E-state index contributed by atoms with van der Waals surface area (Å²) in [5, 5.41) is 8.49. The third-order valence-electron chi connectivity index (χ3n) is 2.79. The number of ether oxygens (including phenoxy) is 2. The molecule has 1 aromatic heterocycles. The van der Waals surface area contributed by atoms with E-state index in [0.717, 1.165) is 10.6 Å². The normalized spacial score (nSPS) is 15.2. The Morgan fingerprint density at radius 2 is 1.90 bits per heavy atom. The van der Waals surface area contributed by atoms with Gasteiger partial charge in [-0.3, -0.25) is 0 Å². The van der Waals surface area contributed by atoms with Gasteiger partial charge in [0, 0.05) is 17.9 Å². The van der Waals surface area contributed by atoms with Crippen LogP contribution in [0.25, 0.3) is 0 Å². The Kier molecular flexibility index (Phi) is 3.76. The summed E-state index contributed by atoms with van der Waals surface area (Å²) < 4.78 is 16.5. The maximum atomic E-state index is 6.27. The van der Waals surface area contributed by atoms with Crippen LogP contribution in [0.15, 0.2) is 21.4 Å². The second-order valence-electron chi connectivity index (χ2n) is 4.35. The summed E-state index contributed by atoms with van der Waals surface area (Å²) in [5.74, 6) is 2.54. The van der Waals surface area contributed by atoms with Crippen molar-refractivity contribution in [1.82, 2.24) is 10.2 Å². The van der Waals surface area contributed by atoms with Crippen LogP contribution in [-0.4, -0.2) is 23.4 Å². The molecular weight excluding hydrogens is 300 g/mol. The minimum atomic E-state index is 0.0104. The van der Waals surface area contributed by atoms with E-state index in [9.17, 15) is 0 Å². The largest absolute Gasteiger partial charge is 0.486 e. The summed E-state index contributed by atoms with van der Waals surface area (Å²) in [5.41, 5.74) is 0. The van der Waals surface area contributed by atoms with Gasteiger partial charge in [-0.1, -0.05) is 11.6 Å². The first-order chi connectivity index (χ1) is 9.63. The van der Waals surface area contributed by atoms with E-state index in [1.165, 1.54) is 0 Å². The molecule has 2 aromatic rings. The fourth-order valence-corrected chi connectivity index (χ4v) is 3.06. The summed E-state index contributed by atoms with van der Waals surface area (Å²) in [4.78, 5) is 0.902. The molecular formula is C13H13ClN2O3S. The van der Waals surface area contributed by atoms with Gasteiger partial charge in [0.15, 0.2) is 11.5 Å². The number of hydrogen-bond acceptors (Lipinski definition) is 6. The predicted octanol–water partition coefficient (Wildman–Crippen LogP) is 3.66. The van der Waals surface area contributed by atoms with Crippen molar-refractivity contribution in [3.05, 3.63) is 28.9 Å². The van der Waals surface area contributed by atoms with Crippen LogP contribution in [0.1, 0.15) is 24.0 Å². The molecule has 0 radical (unpaired) electrons. The van der Waals surface area contributed by atoms with Crippen LogP contribution in [0.3, 0.4) is 0 Å². The third-order valence-corrected chi connectivity index (χ3v) is 4.36. The number of aromatic nitrogens is 2. The van der Waals surface area contributed by atoms with Crippen molar-refractivity contribution in [3.63, 3.8) is 0 Å². The summed E-state index contributed by atoms with van der Waals surface area (Å²) in [7, 11) is 0. The molecule has 1 aliphatic heterocycles. The average molecular weight is 313 g/mol. The Labute approximate surface area is 125 Å². The fraction of sp³-hybridized carbons (Fsp3) is 0.385. The Bertz CT molecular complexity index is 632. The van der Waals surface area contributed by atoms with Crippen LogP contribution >= 0.6 is 23.4 Å². The zero-order valence-corrected chi connectivity index (χ0v) is 12.6. The number of nitrogens with zero attached hydrogens (tertiary/aromatic N) is 2. The molecule has 1 aromatic carbocycles. The SMILES string of the molecule is Cc1nnc([C@H](C)Sc2cc3c(cc2Cl)OCCO3)o1. The van der Waals surface area contributed by atoms with Crippen LogP contribution in [0.2, 0.25) is 5.02 Å². The molecule has 0 amide bonds. The Morgan fingerprint density at radius 1 is 1.20 bits per heavy atom. The number of rotatable bonds is 3. The van der Waals surface area contributed by atoms with Crippen molar-refractivity contribution < 1.29 is 13.9 Å². The van der Waals surface area contributed by atoms with Crippen LogP contribution < -0.4 is 9.47 Å². The summed E-state index contributed by atoms with van der Waals surface area (Å²) in [6, 6.07) is 3.67. The summed E-state index contributed by atoms with van der Waals surface area (Å²) in [6.07, 6.45) is 0. The lowest BCUT2D eigenvalue weighted by atomic mass is 10.3. The Morgan fingerprint density at radius 3 is 2.55 bits per heavy atom. The molecule has 2 heterocycles. The minimum Gasteiger partial charge on any atom is -0.486 e. The lowest BCUT2D eigenvalue weighted by Crippen LogP contribution is -2.15. The molecule has 20 heavy (non-hydrogen) atoms. The van der Waals surface area contributed by atoms with Crippen molar-refractivity contribution in [2.45, 2.75) is 24.0 Å². The molecule has 0 unspecified atom stereocenters. The van der Waals surface area contributed by atoms with E-state index in [4.69, 9.17) is 25.5 Å². The maximum absolute atomic E-state index is 6.27. The average Bonchev–Trinajstić information content (AvgIpc) is 2.86. The van der Waals surface area contributed by atoms with Gasteiger partial charge < -0.3 is 13.9 Å². The zero-order valence-electron chi connectivity index (χ0n) is 11.1. The van der Waals surface area contributed by atoms with Gasteiger partial charge in [-0.05, 0) is 13.0 Å². The number of aryl methyl sites for hydroxylation is 1. The number of thioether (sulfide) groups is 1. The minimum absolute atomic E-state index is 0.0104. The Hall–Kier alpha value is -1.40. The first-order valence-corrected chi connectivity index (χ1v) is 7.45. The number of benzene rings is 1. The maximum Gasteiger partial charge on any atom is 0.229 e. The summed E-state index contributed by atoms with van der Waals surface area (Å²) in [6.45, 7) is 4.86. The molecule has 106 valence electrons. The molecule has 0 saturated carbocycles. The van der Waals surface area contributed by atoms with E-state index in [1.807, 2.05) is 13.0 Å². The highest BCUT2D eigenvalue weighted by Crippen LogP contribution is 2.43. The van der Waals surface area contributed by atoms with E-state index in [1.54, 1.807) is 24.8 Å². The molecule has 5 nitrogen and oxygen atoms in total.